The molecule has 0 spiro atoms. The third-order valence-electron chi connectivity index (χ3n) is 1.53. The van der Waals surface area contributed by atoms with E-state index in [1.807, 2.05) is 0 Å². The Bertz CT molecular complexity index is 487. The van der Waals surface area contributed by atoms with E-state index in [1.165, 1.54) is 17.4 Å². The van der Waals surface area contributed by atoms with Crippen LogP contribution in [0.1, 0.15) is 0 Å². The fourth-order valence-electron chi connectivity index (χ4n) is 0.980. The van der Waals surface area contributed by atoms with E-state index in [0.29, 0.717) is 4.47 Å². The van der Waals surface area contributed by atoms with Crippen LogP contribution in [0.4, 0.5) is 0 Å². The Hall–Kier alpha value is 0.510. The molecule has 1 aromatic carbocycles. The summed E-state index contributed by atoms with van der Waals surface area (Å²) in [5.74, 6) is 0. The maximum Gasteiger partial charge on any atom is 1.00 e. The minimum Gasteiger partial charge on any atom is -0.768 e. The van der Waals surface area contributed by atoms with Crippen molar-refractivity contribution in [3.05, 3.63) is 22.7 Å². The van der Waals surface area contributed by atoms with Crippen LogP contribution in [-0.2, 0) is 11.1 Å². The van der Waals surface area contributed by atoms with Gasteiger partial charge in [0.05, 0.1) is 10.2 Å². The van der Waals surface area contributed by atoms with Crippen LogP contribution in [0.25, 0.3) is 10.2 Å². The van der Waals surface area contributed by atoms with Crippen molar-refractivity contribution in [2.24, 2.45) is 0 Å². The number of thiazole rings is 1. The van der Waals surface area contributed by atoms with Gasteiger partial charge >= 0.3 is 29.6 Å². The molecule has 0 amide bonds. The van der Waals surface area contributed by atoms with Gasteiger partial charge in [0.2, 0.25) is 0 Å². The number of halogens is 1. The fraction of sp³-hybridized carbons (Fsp3) is 0. The Balaban J connectivity index is 0.000000980. The number of hydrogen-bond acceptors (Lipinski definition) is 4. The molecule has 0 bridgehead atoms. The predicted molar refractivity (Wildman–Crippen MR) is 51.8 cm³/mol. The molecule has 0 radical (unpaired) electrons. The third-order valence-corrected chi connectivity index (χ3v) is 3.29. The van der Waals surface area contributed by atoms with E-state index >= 15 is 0 Å². The number of nitrogens with zero attached hydrogens (tertiary/aromatic N) is 1. The number of rotatable bonds is 1. The smallest absolute Gasteiger partial charge is 0.768 e. The van der Waals surface area contributed by atoms with E-state index in [2.05, 4.69) is 4.98 Å². The van der Waals surface area contributed by atoms with Gasteiger partial charge in [-0.05, 0) is 29.3 Å². The zero-order valence-corrected chi connectivity index (χ0v) is 11.6. The first kappa shape index (κ1) is 12.6. The summed E-state index contributed by atoms with van der Waals surface area (Å²) in [6.07, 6.45) is 0. The monoisotopic (exact) mass is 255 g/mol. The van der Waals surface area contributed by atoms with Crippen molar-refractivity contribution in [2.45, 2.75) is 4.90 Å². The average Bonchev–Trinajstić information content (AvgIpc) is 2.42. The quantitative estimate of drug-likeness (QED) is 0.495. The topological polar surface area (TPSA) is 53.0 Å². The van der Waals surface area contributed by atoms with E-state index in [0.717, 1.165) is 10.2 Å². The van der Waals surface area contributed by atoms with Crippen LogP contribution in [-0.4, -0.2) is 13.7 Å². The van der Waals surface area contributed by atoms with E-state index in [9.17, 15) is 8.76 Å². The predicted octanol–water partition coefficient (Wildman–Crippen LogP) is -0.808. The second-order valence-corrected chi connectivity index (χ2v) is 4.88. The summed E-state index contributed by atoms with van der Waals surface area (Å²) in [5.41, 5.74) is 0.726. The molecule has 2 aromatic rings. The van der Waals surface area contributed by atoms with Gasteiger partial charge in [0, 0.05) is 4.90 Å². The molecule has 68 valence electrons. The zero-order valence-electron chi connectivity index (χ0n) is 7.19. The number of fused-ring (bicyclic) bond motifs is 1. The van der Waals surface area contributed by atoms with Crippen LogP contribution in [0.5, 0.6) is 0 Å². The molecule has 14 heavy (non-hydrogen) atoms. The number of benzene rings is 1. The van der Waals surface area contributed by atoms with Gasteiger partial charge < -0.3 is 4.55 Å². The van der Waals surface area contributed by atoms with E-state index in [1.54, 1.807) is 12.1 Å². The van der Waals surface area contributed by atoms with E-state index in [4.69, 9.17) is 11.6 Å². The van der Waals surface area contributed by atoms with Crippen LogP contribution in [0.15, 0.2) is 23.1 Å². The Morgan fingerprint density at radius 3 is 2.86 bits per heavy atom. The molecule has 3 nitrogen and oxygen atoms in total. The molecule has 7 heteroatoms. The van der Waals surface area contributed by atoms with Gasteiger partial charge in [0.25, 0.3) is 0 Å². The molecule has 0 saturated carbocycles. The van der Waals surface area contributed by atoms with Gasteiger partial charge in [0.1, 0.15) is 0 Å². The molecule has 2 rings (SSSR count). The first-order valence-electron chi connectivity index (χ1n) is 3.32. The minimum atomic E-state index is -2.19. The maximum absolute atomic E-state index is 10.6. The van der Waals surface area contributed by atoms with Crippen molar-refractivity contribution in [2.75, 3.05) is 0 Å². The Kier molecular flexibility index (Phi) is 4.52. The van der Waals surface area contributed by atoms with Gasteiger partial charge in [0.15, 0.2) is 4.47 Å². The molecule has 0 aliphatic rings. The molecule has 0 N–H and O–H groups in total. The van der Waals surface area contributed by atoms with Crippen molar-refractivity contribution in [1.82, 2.24) is 4.98 Å². The van der Waals surface area contributed by atoms with Crippen LogP contribution in [0.3, 0.4) is 0 Å². The summed E-state index contributed by atoms with van der Waals surface area (Å²) in [6, 6.07) is 4.70. The van der Waals surface area contributed by atoms with Gasteiger partial charge in [-0.25, -0.2) is 4.98 Å². The van der Waals surface area contributed by atoms with E-state index in [-0.39, 0.29) is 34.5 Å². The van der Waals surface area contributed by atoms with Crippen molar-refractivity contribution in [1.29, 1.82) is 0 Å². The fourth-order valence-corrected chi connectivity index (χ4v) is 2.52. The van der Waals surface area contributed by atoms with Gasteiger partial charge in [-0.3, -0.25) is 4.21 Å². The Morgan fingerprint density at radius 1 is 1.50 bits per heavy atom. The normalized spacial score (nSPS) is 12.4. The second-order valence-electron chi connectivity index (χ2n) is 2.33. The molecular weight excluding hydrogens is 253 g/mol. The van der Waals surface area contributed by atoms with Gasteiger partial charge in [-0.15, -0.1) is 11.3 Å². The Labute approximate surface area is 114 Å². The summed E-state index contributed by atoms with van der Waals surface area (Å²) >= 11 is 4.74. The second kappa shape index (κ2) is 5.03. The van der Waals surface area contributed by atoms with Crippen molar-refractivity contribution in [3.8, 4) is 0 Å². The zero-order chi connectivity index (χ0) is 9.42. The molecule has 1 heterocycles. The van der Waals surface area contributed by atoms with Crippen LogP contribution in [0, 0.1) is 0 Å². The van der Waals surface area contributed by atoms with Crippen LogP contribution in [0.2, 0.25) is 4.47 Å². The molecule has 0 aliphatic heterocycles. The SMILES string of the molecule is O=S([O-])c1ccc2nc(Cl)sc2c1.[Na+]. The molecular formula is C7H3ClNNaO2S2. The molecule has 1 aromatic heterocycles. The number of hydrogen-bond donors (Lipinski definition) is 0. The van der Waals surface area contributed by atoms with Crippen molar-refractivity contribution < 1.29 is 38.3 Å². The van der Waals surface area contributed by atoms with Gasteiger partial charge in [-0.2, -0.15) is 0 Å². The van der Waals surface area contributed by atoms with Gasteiger partial charge in [-0.1, -0.05) is 11.6 Å². The first-order chi connectivity index (χ1) is 6.16. The molecule has 0 aliphatic carbocycles. The number of aromatic nitrogens is 1. The van der Waals surface area contributed by atoms with Crippen molar-refractivity contribution in [3.63, 3.8) is 0 Å². The summed E-state index contributed by atoms with van der Waals surface area (Å²) in [4.78, 5) is 4.25. The Morgan fingerprint density at radius 2 is 2.21 bits per heavy atom. The van der Waals surface area contributed by atoms with Crippen molar-refractivity contribution >= 4 is 44.2 Å². The first-order valence-corrected chi connectivity index (χ1v) is 5.59. The molecule has 1 atom stereocenters. The molecule has 0 saturated heterocycles. The standard InChI is InChI=1S/C7H4ClNO2S2.Na/c8-7-9-5-2-1-4(13(10)11)3-6(5)12-7;/h1-3H,(H,10,11);/q;+1/p-1. The average molecular weight is 256 g/mol. The largest absolute Gasteiger partial charge is 1.00 e. The van der Waals surface area contributed by atoms with Crippen LogP contribution < -0.4 is 29.6 Å². The molecule has 0 fully saturated rings. The summed E-state index contributed by atoms with van der Waals surface area (Å²) in [5, 5.41) is 0. The maximum atomic E-state index is 10.6. The molecule has 1 unspecified atom stereocenters. The summed E-state index contributed by atoms with van der Waals surface area (Å²) < 4.78 is 22.4. The van der Waals surface area contributed by atoms with E-state index < -0.39 is 11.1 Å². The third kappa shape index (κ3) is 2.55. The van der Waals surface area contributed by atoms with Crippen LogP contribution >= 0.6 is 22.9 Å². The minimum absolute atomic E-state index is 0. The summed E-state index contributed by atoms with van der Waals surface area (Å²) in [7, 11) is 0. The summed E-state index contributed by atoms with van der Waals surface area (Å²) in [6.45, 7) is 0.